The highest BCUT2D eigenvalue weighted by Crippen LogP contribution is 2.26. The van der Waals surface area contributed by atoms with Gasteiger partial charge in [-0.05, 0) is 36.2 Å². The fraction of sp³-hybridized carbons (Fsp3) is 0.400. The Morgan fingerprint density at radius 2 is 1.59 bits per heavy atom. The molecule has 182 valence electrons. The fourth-order valence-electron chi connectivity index (χ4n) is 3.72. The number of hydrogen-bond acceptors (Lipinski definition) is 3. The van der Waals surface area contributed by atoms with E-state index in [0.717, 1.165) is 23.0 Å². The minimum atomic E-state index is -0.620. The molecule has 0 spiro atoms. The minimum Gasteiger partial charge on any atom is -0.352 e. The predicted molar refractivity (Wildman–Crippen MR) is 138 cm³/mol. The average Bonchev–Trinajstić information content (AvgIpc) is 3.12. The molecule has 0 aliphatic heterocycles. The van der Waals surface area contributed by atoms with E-state index in [4.69, 9.17) is 23.2 Å². The van der Waals surface area contributed by atoms with E-state index >= 15 is 0 Å². The van der Waals surface area contributed by atoms with Crippen molar-refractivity contribution in [2.24, 2.45) is 0 Å². The van der Waals surface area contributed by atoms with Crippen molar-refractivity contribution in [3.63, 3.8) is 0 Å². The SMILES string of the molecule is CCCCCCCCCC(=O)NCc1ccc(NC(=O)n2c(=O)[nH]c3cc(Cl)c(Cl)cc32)cc1. The number of aromatic nitrogens is 2. The summed E-state index contributed by atoms with van der Waals surface area (Å²) in [6.45, 7) is 2.62. The van der Waals surface area contributed by atoms with Crippen LogP contribution in [0, 0.1) is 0 Å². The van der Waals surface area contributed by atoms with Crippen LogP contribution in [0.15, 0.2) is 41.2 Å². The summed E-state index contributed by atoms with van der Waals surface area (Å²) in [7, 11) is 0. The van der Waals surface area contributed by atoms with Gasteiger partial charge in [-0.2, -0.15) is 0 Å². The molecule has 0 saturated carbocycles. The normalized spacial score (nSPS) is 11.0. The summed E-state index contributed by atoms with van der Waals surface area (Å²) in [6.07, 6.45) is 8.77. The number of fused-ring (bicyclic) bond motifs is 1. The smallest absolute Gasteiger partial charge is 0.334 e. The van der Waals surface area contributed by atoms with Crippen molar-refractivity contribution in [3.8, 4) is 0 Å². The summed E-state index contributed by atoms with van der Waals surface area (Å²) < 4.78 is 0.968. The number of halogens is 2. The van der Waals surface area contributed by atoms with Gasteiger partial charge in [0.1, 0.15) is 0 Å². The number of nitrogens with zero attached hydrogens (tertiary/aromatic N) is 1. The molecule has 0 aliphatic rings. The van der Waals surface area contributed by atoms with Crippen LogP contribution in [0.4, 0.5) is 10.5 Å². The molecule has 0 bridgehead atoms. The molecule has 9 heteroatoms. The first-order valence-electron chi connectivity index (χ1n) is 11.7. The second kappa shape index (κ2) is 12.6. The molecular weight excluding hydrogens is 475 g/mol. The summed E-state index contributed by atoms with van der Waals surface area (Å²) in [4.78, 5) is 39.6. The standard InChI is InChI=1S/C25H30Cl2N4O3/c1-2-3-4-5-6-7-8-9-23(32)28-16-17-10-12-18(13-11-17)29-24(33)31-22-15-20(27)19(26)14-21(22)30-25(31)34/h10-15H,2-9,16H2,1H3,(H,28,32)(H,29,33)(H,30,34). The van der Waals surface area contributed by atoms with Gasteiger partial charge < -0.3 is 15.6 Å². The number of benzene rings is 2. The second-order valence-electron chi connectivity index (χ2n) is 8.32. The minimum absolute atomic E-state index is 0.0448. The predicted octanol–water partition coefficient (Wildman–Crippen LogP) is 6.47. The molecule has 3 N–H and O–H groups in total. The molecule has 0 saturated heterocycles. The van der Waals surface area contributed by atoms with E-state index in [1.807, 2.05) is 12.1 Å². The van der Waals surface area contributed by atoms with Gasteiger partial charge in [-0.25, -0.2) is 14.2 Å². The highest BCUT2D eigenvalue weighted by atomic mass is 35.5. The number of carbonyl (C=O) groups excluding carboxylic acids is 2. The van der Waals surface area contributed by atoms with Crippen LogP contribution in [0.3, 0.4) is 0 Å². The number of nitrogens with one attached hydrogen (secondary N) is 3. The zero-order chi connectivity index (χ0) is 24.5. The number of aromatic amines is 1. The first-order valence-corrected chi connectivity index (χ1v) is 12.4. The van der Waals surface area contributed by atoms with Crippen molar-refractivity contribution in [2.75, 3.05) is 5.32 Å². The molecule has 0 radical (unpaired) electrons. The molecule has 3 aromatic rings. The molecule has 2 amide bonds. The van der Waals surface area contributed by atoms with Gasteiger partial charge in [0.2, 0.25) is 5.91 Å². The van der Waals surface area contributed by atoms with Crippen LogP contribution in [0.1, 0.15) is 63.9 Å². The Bertz CT molecular complexity index is 1190. The van der Waals surface area contributed by atoms with Gasteiger partial charge in [-0.15, -0.1) is 0 Å². The lowest BCUT2D eigenvalue weighted by Gasteiger charge is -2.09. The Balaban J connectivity index is 1.48. The summed E-state index contributed by atoms with van der Waals surface area (Å²) in [5.74, 6) is 0.0448. The molecule has 3 rings (SSSR count). The lowest BCUT2D eigenvalue weighted by Crippen LogP contribution is -2.29. The third-order valence-corrected chi connectivity index (χ3v) is 6.35. The van der Waals surface area contributed by atoms with Gasteiger partial charge in [0, 0.05) is 18.7 Å². The van der Waals surface area contributed by atoms with E-state index in [1.54, 1.807) is 12.1 Å². The van der Waals surface area contributed by atoms with Crippen molar-refractivity contribution in [1.29, 1.82) is 0 Å². The third-order valence-electron chi connectivity index (χ3n) is 5.63. The lowest BCUT2D eigenvalue weighted by molar-refractivity contribution is -0.121. The van der Waals surface area contributed by atoms with Crippen molar-refractivity contribution >= 4 is 51.9 Å². The number of amides is 2. The first-order chi connectivity index (χ1) is 16.4. The Labute approximate surface area is 208 Å². The maximum Gasteiger partial charge on any atom is 0.334 e. The molecule has 0 unspecified atom stereocenters. The van der Waals surface area contributed by atoms with Gasteiger partial charge >= 0.3 is 11.7 Å². The topological polar surface area (TPSA) is 96.0 Å². The molecule has 2 aromatic carbocycles. The zero-order valence-electron chi connectivity index (χ0n) is 19.3. The lowest BCUT2D eigenvalue weighted by atomic mass is 10.1. The van der Waals surface area contributed by atoms with Crippen LogP contribution in [-0.4, -0.2) is 21.5 Å². The number of anilines is 1. The number of H-pyrrole nitrogens is 1. The van der Waals surface area contributed by atoms with E-state index in [-0.39, 0.29) is 16.0 Å². The zero-order valence-corrected chi connectivity index (χ0v) is 20.8. The molecular formula is C25H30Cl2N4O3. The summed E-state index contributed by atoms with van der Waals surface area (Å²) in [6, 6.07) is 9.43. The molecule has 1 aromatic heterocycles. The van der Waals surface area contributed by atoms with Crippen LogP contribution < -0.4 is 16.3 Å². The fourth-order valence-corrected chi connectivity index (χ4v) is 4.04. The number of carbonyl (C=O) groups is 2. The second-order valence-corrected chi connectivity index (χ2v) is 9.14. The number of unbranched alkanes of at least 4 members (excludes halogenated alkanes) is 6. The number of rotatable bonds is 11. The Hall–Kier alpha value is -2.77. The highest BCUT2D eigenvalue weighted by Gasteiger charge is 2.16. The van der Waals surface area contributed by atoms with Gasteiger partial charge in [-0.3, -0.25) is 4.79 Å². The molecule has 7 nitrogen and oxygen atoms in total. The van der Waals surface area contributed by atoms with Crippen LogP contribution in [0.2, 0.25) is 10.0 Å². The van der Waals surface area contributed by atoms with Crippen LogP contribution in [0.5, 0.6) is 0 Å². The van der Waals surface area contributed by atoms with E-state index in [2.05, 4.69) is 22.5 Å². The van der Waals surface area contributed by atoms with Gasteiger partial charge in [0.15, 0.2) is 0 Å². The maximum absolute atomic E-state index is 12.7. The summed E-state index contributed by atoms with van der Waals surface area (Å²) >= 11 is 12.0. The van der Waals surface area contributed by atoms with E-state index in [1.165, 1.54) is 44.2 Å². The Kier molecular flexibility index (Phi) is 9.60. The van der Waals surface area contributed by atoms with E-state index < -0.39 is 11.7 Å². The van der Waals surface area contributed by atoms with Crippen LogP contribution in [0.25, 0.3) is 11.0 Å². The highest BCUT2D eigenvalue weighted by molar-refractivity contribution is 6.42. The van der Waals surface area contributed by atoms with Gasteiger partial charge in [0.25, 0.3) is 0 Å². The Morgan fingerprint density at radius 3 is 2.29 bits per heavy atom. The van der Waals surface area contributed by atoms with Crippen LogP contribution >= 0.6 is 23.2 Å². The van der Waals surface area contributed by atoms with Gasteiger partial charge in [-0.1, -0.05) is 80.8 Å². The van der Waals surface area contributed by atoms with E-state index in [9.17, 15) is 14.4 Å². The average molecular weight is 505 g/mol. The summed E-state index contributed by atoms with van der Waals surface area (Å²) in [5.41, 5.74) is 1.58. The molecule has 0 aliphatic carbocycles. The molecule has 0 atom stereocenters. The number of hydrogen-bond donors (Lipinski definition) is 3. The largest absolute Gasteiger partial charge is 0.352 e. The first kappa shape index (κ1) is 25.8. The molecule has 1 heterocycles. The van der Waals surface area contributed by atoms with Gasteiger partial charge in [0.05, 0.1) is 21.1 Å². The monoisotopic (exact) mass is 504 g/mol. The van der Waals surface area contributed by atoms with Crippen molar-refractivity contribution in [2.45, 2.75) is 64.8 Å². The quantitative estimate of drug-likeness (QED) is 0.261. The van der Waals surface area contributed by atoms with Crippen molar-refractivity contribution < 1.29 is 9.59 Å². The molecule has 34 heavy (non-hydrogen) atoms. The third kappa shape index (κ3) is 7.11. The summed E-state index contributed by atoms with van der Waals surface area (Å²) in [5, 5.41) is 6.16. The maximum atomic E-state index is 12.7. The van der Waals surface area contributed by atoms with Crippen LogP contribution in [-0.2, 0) is 11.3 Å². The van der Waals surface area contributed by atoms with E-state index in [0.29, 0.717) is 29.7 Å². The van der Waals surface area contributed by atoms with Crippen molar-refractivity contribution in [1.82, 2.24) is 14.9 Å². The Morgan fingerprint density at radius 1 is 0.941 bits per heavy atom. The molecule has 0 fully saturated rings. The van der Waals surface area contributed by atoms with Crippen molar-refractivity contribution in [3.05, 3.63) is 62.5 Å². The number of imidazole rings is 1.